The zero-order valence-corrected chi connectivity index (χ0v) is 19.0. The van der Waals surface area contributed by atoms with Crippen molar-refractivity contribution in [3.05, 3.63) is 105 Å². The molecule has 11 heteroatoms. The number of hydrogen-bond acceptors (Lipinski definition) is 5. The van der Waals surface area contributed by atoms with Gasteiger partial charge in [0.25, 0.3) is 11.5 Å². The lowest BCUT2D eigenvalue weighted by Crippen LogP contribution is -2.21. The smallest absolute Gasteiger partial charge is 0.416 e. The summed E-state index contributed by atoms with van der Waals surface area (Å²) in [5.74, 6) is -2.45. The lowest BCUT2D eigenvalue weighted by molar-refractivity contribution is -0.137. The van der Waals surface area contributed by atoms with Crippen LogP contribution in [0.4, 0.5) is 23.2 Å². The van der Waals surface area contributed by atoms with E-state index < -0.39 is 34.6 Å². The van der Waals surface area contributed by atoms with Crippen molar-refractivity contribution in [2.24, 2.45) is 0 Å². The van der Waals surface area contributed by atoms with Gasteiger partial charge >= 0.3 is 6.18 Å². The maximum Gasteiger partial charge on any atom is 0.416 e. The van der Waals surface area contributed by atoms with Crippen molar-refractivity contribution < 1.29 is 27.1 Å². The van der Waals surface area contributed by atoms with Crippen LogP contribution in [0.2, 0.25) is 0 Å². The molecule has 0 saturated heterocycles. The molecule has 1 N–H and O–H groups in total. The first-order chi connectivity index (χ1) is 17.6. The highest BCUT2D eigenvalue weighted by molar-refractivity contribution is 6.09. The van der Waals surface area contributed by atoms with Gasteiger partial charge in [-0.3, -0.25) is 14.0 Å². The molecule has 0 aliphatic rings. The minimum absolute atomic E-state index is 0.197. The predicted molar refractivity (Wildman–Crippen MR) is 126 cm³/mol. The van der Waals surface area contributed by atoms with Crippen LogP contribution in [0.15, 0.2) is 77.2 Å². The number of para-hydroxylation sites is 1. The van der Waals surface area contributed by atoms with Crippen LogP contribution in [-0.4, -0.2) is 15.3 Å². The number of pyridine rings is 1. The summed E-state index contributed by atoms with van der Waals surface area (Å²) in [5.41, 5.74) is -2.11. The van der Waals surface area contributed by atoms with E-state index in [9.17, 15) is 32.4 Å². The topological polar surface area (TPSA) is 96.5 Å². The van der Waals surface area contributed by atoms with Gasteiger partial charge in [-0.15, -0.1) is 0 Å². The number of alkyl halides is 3. The van der Waals surface area contributed by atoms with Crippen LogP contribution in [-0.2, 0) is 11.0 Å². The van der Waals surface area contributed by atoms with Crippen LogP contribution in [0.25, 0.3) is 11.7 Å². The number of fused-ring (bicyclic) bond motifs is 1. The van der Waals surface area contributed by atoms with Crippen molar-refractivity contribution in [3.63, 3.8) is 0 Å². The van der Waals surface area contributed by atoms with E-state index in [1.165, 1.54) is 30.5 Å². The quantitative estimate of drug-likeness (QED) is 0.218. The molecule has 0 bridgehead atoms. The molecule has 0 unspecified atom stereocenters. The monoisotopic (exact) mass is 508 g/mol. The summed E-state index contributed by atoms with van der Waals surface area (Å²) in [4.78, 5) is 30.4. The molecule has 2 heterocycles. The Labute approximate surface area is 206 Å². The number of nitriles is 1. The normalized spacial score (nSPS) is 11.7. The van der Waals surface area contributed by atoms with E-state index in [0.29, 0.717) is 11.6 Å². The first-order valence-corrected chi connectivity index (χ1v) is 10.6. The van der Waals surface area contributed by atoms with E-state index in [4.69, 9.17) is 4.74 Å². The van der Waals surface area contributed by atoms with E-state index in [1.54, 1.807) is 25.1 Å². The second-order valence-corrected chi connectivity index (χ2v) is 7.76. The second-order valence-electron chi connectivity index (χ2n) is 7.76. The number of hydrogen-bond donors (Lipinski definition) is 1. The average molecular weight is 508 g/mol. The largest absolute Gasteiger partial charge is 0.435 e. The standard InChI is InChI=1S/C26H16F4N4O3/c1-15-6-5-11-34-22(15)33-24(37-21-10-3-2-9-20(21)27)19(25(34)36)12-16(14-31)23(35)32-18-8-4-7-17(13-18)26(28,29)30/h2-13H,1H3,(H,32,35)/b16-12-. The van der Waals surface area contributed by atoms with E-state index in [-0.39, 0.29) is 28.5 Å². The van der Waals surface area contributed by atoms with Crippen molar-refractivity contribution >= 4 is 23.3 Å². The summed E-state index contributed by atoms with van der Waals surface area (Å²) >= 11 is 0. The number of aryl methyl sites for hydroxylation is 1. The van der Waals surface area contributed by atoms with Crippen LogP contribution in [0.5, 0.6) is 11.6 Å². The summed E-state index contributed by atoms with van der Waals surface area (Å²) in [6.45, 7) is 1.69. The number of amides is 1. The third-order valence-corrected chi connectivity index (χ3v) is 5.19. The van der Waals surface area contributed by atoms with E-state index >= 15 is 0 Å². The predicted octanol–water partition coefficient (Wildman–Crippen LogP) is 5.50. The number of anilines is 1. The number of carbonyl (C=O) groups excluding carboxylic acids is 1. The van der Waals surface area contributed by atoms with Gasteiger partial charge in [0.1, 0.15) is 22.9 Å². The molecule has 37 heavy (non-hydrogen) atoms. The minimum Gasteiger partial charge on any atom is -0.435 e. The molecule has 186 valence electrons. The Hall–Kier alpha value is -4.98. The average Bonchev–Trinajstić information content (AvgIpc) is 2.85. The van der Waals surface area contributed by atoms with Crippen molar-refractivity contribution in [1.29, 1.82) is 5.26 Å². The SMILES string of the molecule is Cc1cccn2c(=O)c(/C=C(/C#N)C(=O)Nc3cccc(C(F)(F)F)c3)c(Oc3ccccc3F)nc12. The van der Waals surface area contributed by atoms with Gasteiger partial charge in [0, 0.05) is 11.9 Å². The fourth-order valence-electron chi connectivity index (χ4n) is 3.39. The van der Waals surface area contributed by atoms with Gasteiger partial charge in [-0.2, -0.15) is 23.4 Å². The van der Waals surface area contributed by atoms with Gasteiger partial charge in [-0.25, -0.2) is 4.39 Å². The van der Waals surface area contributed by atoms with Crippen LogP contribution in [0, 0.1) is 24.1 Å². The molecular weight excluding hydrogens is 492 g/mol. The number of carbonyl (C=O) groups is 1. The van der Waals surface area contributed by atoms with Gasteiger partial charge in [0.05, 0.1) is 5.56 Å². The van der Waals surface area contributed by atoms with Crippen molar-refractivity contribution in [2.45, 2.75) is 13.1 Å². The summed E-state index contributed by atoms with van der Waals surface area (Å²) in [6, 6.07) is 14.1. The Balaban J connectivity index is 1.81. The molecule has 1 amide bonds. The first-order valence-electron chi connectivity index (χ1n) is 10.6. The second kappa shape index (κ2) is 9.94. The van der Waals surface area contributed by atoms with E-state index in [2.05, 4.69) is 10.3 Å². The Kier molecular flexibility index (Phi) is 6.75. The molecule has 0 fully saturated rings. The third-order valence-electron chi connectivity index (χ3n) is 5.19. The molecule has 2 aromatic carbocycles. The molecule has 7 nitrogen and oxygen atoms in total. The number of ether oxygens (including phenoxy) is 1. The zero-order chi connectivity index (χ0) is 26.7. The summed E-state index contributed by atoms with van der Waals surface area (Å²) < 4.78 is 60.0. The Morgan fingerprint density at radius 3 is 2.59 bits per heavy atom. The Bertz CT molecular complexity index is 1650. The van der Waals surface area contributed by atoms with Gasteiger partial charge in [0.15, 0.2) is 11.6 Å². The summed E-state index contributed by atoms with van der Waals surface area (Å²) in [6.07, 6.45) is -2.34. The highest BCUT2D eigenvalue weighted by Crippen LogP contribution is 2.31. The number of nitrogens with zero attached hydrogens (tertiary/aromatic N) is 3. The maximum absolute atomic E-state index is 14.3. The number of nitrogens with one attached hydrogen (secondary N) is 1. The van der Waals surface area contributed by atoms with Crippen molar-refractivity contribution in [1.82, 2.24) is 9.38 Å². The Morgan fingerprint density at radius 2 is 1.89 bits per heavy atom. The molecule has 2 aromatic heterocycles. The molecule has 4 rings (SSSR count). The molecule has 0 aliphatic carbocycles. The molecule has 0 spiro atoms. The molecule has 0 aliphatic heterocycles. The van der Waals surface area contributed by atoms with Crippen LogP contribution in [0.3, 0.4) is 0 Å². The lowest BCUT2D eigenvalue weighted by Gasteiger charge is -2.12. The first kappa shape index (κ1) is 25.1. The van der Waals surface area contributed by atoms with Crippen molar-refractivity contribution in [3.8, 4) is 17.7 Å². The molecule has 0 radical (unpaired) electrons. The lowest BCUT2D eigenvalue weighted by atomic mass is 10.1. The van der Waals surface area contributed by atoms with Crippen LogP contribution >= 0.6 is 0 Å². The molecular formula is C26H16F4N4O3. The number of benzene rings is 2. The summed E-state index contributed by atoms with van der Waals surface area (Å²) in [5, 5.41) is 11.8. The van der Waals surface area contributed by atoms with Crippen molar-refractivity contribution in [2.75, 3.05) is 5.32 Å². The van der Waals surface area contributed by atoms with Gasteiger partial charge in [-0.05, 0) is 55.0 Å². The minimum atomic E-state index is -4.64. The number of rotatable bonds is 5. The van der Waals surface area contributed by atoms with Crippen LogP contribution < -0.4 is 15.6 Å². The maximum atomic E-state index is 14.3. The molecule has 4 aromatic rings. The van der Waals surface area contributed by atoms with E-state index in [0.717, 1.165) is 28.7 Å². The van der Waals surface area contributed by atoms with E-state index in [1.807, 2.05) is 0 Å². The zero-order valence-electron chi connectivity index (χ0n) is 19.0. The highest BCUT2D eigenvalue weighted by Gasteiger charge is 2.30. The van der Waals surface area contributed by atoms with Gasteiger partial charge in [0.2, 0.25) is 5.88 Å². The highest BCUT2D eigenvalue weighted by atomic mass is 19.4. The Morgan fingerprint density at radius 1 is 1.14 bits per heavy atom. The fourth-order valence-corrected chi connectivity index (χ4v) is 3.39. The third kappa shape index (κ3) is 5.33. The molecule has 0 saturated carbocycles. The van der Waals surface area contributed by atoms with Gasteiger partial charge < -0.3 is 10.1 Å². The number of aromatic nitrogens is 2. The summed E-state index contributed by atoms with van der Waals surface area (Å²) in [7, 11) is 0. The molecule has 0 atom stereocenters. The van der Waals surface area contributed by atoms with Gasteiger partial charge in [-0.1, -0.05) is 24.3 Å². The fraction of sp³-hybridized carbons (Fsp3) is 0.0769. The number of halogens is 4. The van der Waals surface area contributed by atoms with Crippen LogP contribution in [0.1, 0.15) is 16.7 Å².